The Morgan fingerprint density at radius 2 is 1.92 bits per heavy atom. The van der Waals surface area contributed by atoms with Crippen molar-refractivity contribution in [2.24, 2.45) is 0 Å². The summed E-state index contributed by atoms with van der Waals surface area (Å²) in [7, 11) is 0. The molecule has 1 aliphatic rings. The summed E-state index contributed by atoms with van der Waals surface area (Å²) in [5.41, 5.74) is 0.624. The van der Waals surface area contributed by atoms with Crippen molar-refractivity contribution in [3.05, 3.63) is 53.8 Å². The van der Waals surface area contributed by atoms with Crippen LogP contribution in [-0.2, 0) is 9.53 Å². The fraction of sp³-hybridized carbons (Fsp3) is 0.222. The van der Waals surface area contributed by atoms with Gasteiger partial charge in [-0.25, -0.2) is 0 Å². The van der Waals surface area contributed by atoms with Gasteiger partial charge in [0, 0.05) is 30.9 Å². The number of amides is 1. The fourth-order valence-corrected chi connectivity index (χ4v) is 2.38. The molecule has 3 rings (SSSR count). The number of benzene rings is 1. The van der Waals surface area contributed by atoms with Crippen molar-refractivity contribution >= 4 is 23.6 Å². The fourth-order valence-electron chi connectivity index (χ4n) is 2.38. The molecule has 0 saturated carbocycles. The van der Waals surface area contributed by atoms with E-state index in [1.54, 1.807) is 18.2 Å². The average molecular weight is 323 g/mol. The molecule has 1 amide bonds. The molecule has 6 nitrogen and oxygen atoms in total. The van der Waals surface area contributed by atoms with Gasteiger partial charge >= 0.3 is 0 Å². The summed E-state index contributed by atoms with van der Waals surface area (Å²) < 4.78 is 11.0. The number of furan rings is 1. The molecule has 0 bridgehead atoms. The standard InChI is InChI=1S/C18H17N3O3/c19-13-14(18(22)20-15-4-2-1-3-5-15)12-16-6-7-17(24-16)21-8-10-23-11-9-21/h1-7,12H,8-11H2,(H,20,22). The molecule has 122 valence electrons. The monoisotopic (exact) mass is 323 g/mol. The SMILES string of the molecule is N#CC(=Cc1ccc(N2CCOCC2)o1)C(=O)Nc1ccccc1. The minimum Gasteiger partial charge on any atom is -0.441 e. The summed E-state index contributed by atoms with van der Waals surface area (Å²) in [4.78, 5) is 14.3. The van der Waals surface area contributed by atoms with E-state index >= 15 is 0 Å². The molecule has 1 aliphatic heterocycles. The van der Waals surface area contributed by atoms with Gasteiger partial charge in [0.25, 0.3) is 5.91 Å². The third kappa shape index (κ3) is 3.83. The van der Waals surface area contributed by atoms with Crippen LogP contribution >= 0.6 is 0 Å². The molecule has 1 N–H and O–H groups in total. The van der Waals surface area contributed by atoms with E-state index in [0.717, 1.165) is 13.1 Å². The Morgan fingerprint density at radius 1 is 1.17 bits per heavy atom. The zero-order valence-electron chi connectivity index (χ0n) is 13.1. The Kier molecular flexibility index (Phi) is 4.94. The lowest BCUT2D eigenvalue weighted by Gasteiger charge is -2.26. The van der Waals surface area contributed by atoms with Gasteiger partial charge in [0.2, 0.25) is 0 Å². The maximum atomic E-state index is 12.2. The summed E-state index contributed by atoms with van der Waals surface area (Å²) in [6.07, 6.45) is 1.45. The lowest BCUT2D eigenvalue weighted by atomic mass is 10.2. The Labute approximate surface area is 139 Å². The van der Waals surface area contributed by atoms with E-state index in [9.17, 15) is 10.1 Å². The second kappa shape index (κ2) is 7.49. The van der Waals surface area contributed by atoms with E-state index in [1.807, 2.05) is 30.3 Å². The van der Waals surface area contributed by atoms with Crippen LogP contribution in [0.5, 0.6) is 0 Å². The van der Waals surface area contributed by atoms with Crippen molar-refractivity contribution in [1.29, 1.82) is 5.26 Å². The number of ether oxygens (including phenoxy) is 1. The zero-order chi connectivity index (χ0) is 16.8. The van der Waals surface area contributed by atoms with Crippen LogP contribution in [0.2, 0.25) is 0 Å². The zero-order valence-corrected chi connectivity index (χ0v) is 13.1. The Hall–Kier alpha value is -3.04. The van der Waals surface area contributed by atoms with Gasteiger partial charge in [-0.1, -0.05) is 18.2 Å². The van der Waals surface area contributed by atoms with Crippen LogP contribution in [0, 0.1) is 11.3 Å². The Bertz CT molecular complexity index is 768. The van der Waals surface area contributed by atoms with Gasteiger partial charge in [0.1, 0.15) is 17.4 Å². The smallest absolute Gasteiger partial charge is 0.266 e. The van der Waals surface area contributed by atoms with Crippen molar-refractivity contribution in [2.75, 3.05) is 36.5 Å². The minimum atomic E-state index is -0.465. The molecule has 0 radical (unpaired) electrons. The molecule has 0 unspecified atom stereocenters. The molecule has 0 spiro atoms. The number of nitrogens with zero attached hydrogens (tertiary/aromatic N) is 2. The van der Waals surface area contributed by atoms with Crippen molar-refractivity contribution < 1.29 is 13.9 Å². The second-order valence-electron chi connectivity index (χ2n) is 5.27. The molecule has 1 saturated heterocycles. The van der Waals surface area contributed by atoms with E-state index in [2.05, 4.69) is 10.2 Å². The number of nitriles is 1. The summed E-state index contributed by atoms with van der Waals surface area (Å²) in [6, 6.07) is 14.5. The second-order valence-corrected chi connectivity index (χ2v) is 5.27. The maximum Gasteiger partial charge on any atom is 0.266 e. The highest BCUT2D eigenvalue weighted by atomic mass is 16.5. The molecule has 0 aliphatic carbocycles. The van der Waals surface area contributed by atoms with Gasteiger partial charge in [-0.2, -0.15) is 5.26 Å². The van der Waals surface area contributed by atoms with E-state index in [4.69, 9.17) is 9.15 Å². The quantitative estimate of drug-likeness (QED) is 0.691. The number of nitrogens with one attached hydrogen (secondary N) is 1. The molecule has 6 heteroatoms. The van der Waals surface area contributed by atoms with Gasteiger partial charge in [-0.15, -0.1) is 0 Å². The Morgan fingerprint density at radius 3 is 2.62 bits per heavy atom. The molecule has 1 aromatic carbocycles. The van der Waals surface area contributed by atoms with Gasteiger partial charge in [0.15, 0.2) is 5.88 Å². The lowest BCUT2D eigenvalue weighted by molar-refractivity contribution is -0.112. The van der Waals surface area contributed by atoms with Crippen LogP contribution in [0.25, 0.3) is 6.08 Å². The first-order valence-electron chi connectivity index (χ1n) is 7.67. The highest BCUT2D eigenvalue weighted by molar-refractivity contribution is 6.09. The number of carbonyl (C=O) groups is 1. The number of para-hydroxylation sites is 1. The summed E-state index contributed by atoms with van der Waals surface area (Å²) in [5.74, 6) is 0.717. The number of carbonyl (C=O) groups excluding carboxylic acids is 1. The van der Waals surface area contributed by atoms with Crippen LogP contribution in [0.15, 0.2) is 52.5 Å². The predicted molar refractivity (Wildman–Crippen MR) is 90.4 cm³/mol. The first-order valence-corrected chi connectivity index (χ1v) is 7.67. The van der Waals surface area contributed by atoms with Gasteiger partial charge in [0.05, 0.1) is 13.2 Å². The molecule has 1 fully saturated rings. The lowest BCUT2D eigenvalue weighted by Crippen LogP contribution is -2.35. The highest BCUT2D eigenvalue weighted by Crippen LogP contribution is 2.21. The summed E-state index contributed by atoms with van der Waals surface area (Å²) in [5, 5.41) is 11.9. The van der Waals surface area contributed by atoms with Gasteiger partial charge < -0.3 is 19.4 Å². The van der Waals surface area contributed by atoms with E-state index in [0.29, 0.717) is 30.5 Å². The Balaban J connectivity index is 1.72. The molecular weight excluding hydrogens is 306 g/mol. The van der Waals surface area contributed by atoms with Crippen LogP contribution < -0.4 is 10.2 Å². The molecule has 2 aromatic rings. The summed E-state index contributed by atoms with van der Waals surface area (Å²) >= 11 is 0. The first kappa shape index (κ1) is 15.8. The van der Waals surface area contributed by atoms with Gasteiger partial charge in [-0.05, 0) is 18.2 Å². The third-order valence-corrected chi connectivity index (χ3v) is 3.62. The molecule has 0 atom stereocenters. The number of hydrogen-bond acceptors (Lipinski definition) is 5. The van der Waals surface area contributed by atoms with Crippen molar-refractivity contribution in [3.63, 3.8) is 0 Å². The minimum absolute atomic E-state index is 0.0123. The topological polar surface area (TPSA) is 78.5 Å². The molecular formula is C18H17N3O3. The van der Waals surface area contributed by atoms with Crippen molar-refractivity contribution in [3.8, 4) is 6.07 Å². The number of rotatable bonds is 4. The molecule has 1 aromatic heterocycles. The summed E-state index contributed by atoms with van der Waals surface area (Å²) in [6.45, 7) is 2.84. The third-order valence-electron chi connectivity index (χ3n) is 3.62. The highest BCUT2D eigenvalue weighted by Gasteiger charge is 2.15. The van der Waals surface area contributed by atoms with E-state index in [1.165, 1.54) is 6.08 Å². The molecule has 2 heterocycles. The first-order chi connectivity index (χ1) is 11.8. The van der Waals surface area contributed by atoms with E-state index in [-0.39, 0.29) is 5.57 Å². The number of anilines is 2. The molecule has 24 heavy (non-hydrogen) atoms. The van der Waals surface area contributed by atoms with Crippen molar-refractivity contribution in [1.82, 2.24) is 0 Å². The van der Waals surface area contributed by atoms with Gasteiger partial charge in [-0.3, -0.25) is 4.79 Å². The predicted octanol–water partition coefficient (Wildman–Crippen LogP) is 2.66. The van der Waals surface area contributed by atoms with E-state index < -0.39 is 5.91 Å². The maximum absolute atomic E-state index is 12.2. The number of hydrogen-bond donors (Lipinski definition) is 1. The normalized spacial score (nSPS) is 15.0. The van der Waals surface area contributed by atoms with Crippen LogP contribution in [0.3, 0.4) is 0 Å². The van der Waals surface area contributed by atoms with Crippen LogP contribution in [-0.4, -0.2) is 32.2 Å². The number of morpholine rings is 1. The van der Waals surface area contributed by atoms with Crippen molar-refractivity contribution in [2.45, 2.75) is 0 Å². The average Bonchev–Trinajstić information content (AvgIpc) is 3.10. The van der Waals surface area contributed by atoms with Crippen LogP contribution in [0.4, 0.5) is 11.6 Å². The van der Waals surface area contributed by atoms with Crippen LogP contribution in [0.1, 0.15) is 5.76 Å². The largest absolute Gasteiger partial charge is 0.441 e.